The largest absolute Gasteiger partial charge is 0.351 e. The number of aryl methyl sites for hydroxylation is 1. The number of benzene rings is 1. The highest BCUT2D eigenvalue weighted by molar-refractivity contribution is 5.95. The van der Waals surface area contributed by atoms with E-state index in [1.165, 1.54) is 6.07 Å². The van der Waals surface area contributed by atoms with Crippen molar-refractivity contribution in [3.8, 4) is 0 Å². The Balaban J connectivity index is 2.73. The first-order valence-electron chi connectivity index (χ1n) is 7.88. The number of likely N-dealkylation sites (N-methyl/N-ethyl adjacent to an activating group) is 1. The smallest absolute Gasteiger partial charge is 0.293 e. The van der Waals surface area contributed by atoms with Gasteiger partial charge in [0.2, 0.25) is 0 Å². The number of carbonyl (C=O) groups excluding carboxylic acids is 2. The molecule has 1 atom stereocenters. The van der Waals surface area contributed by atoms with Crippen LogP contribution in [-0.2, 0) is 9.59 Å². The highest BCUT2D eigenvalue weighted by Gasteiger charge is 2.21. The van der Waals surface area contributed by atoms with Gasteiger partial charge in [0.05, 0.1) is 12.0 Å². The van der Waals surface area contributed by atoms with Gasteiger partial charge in [-0.05, 0) is 31.4 Å². The lowest BCUT2D eigenvalue weighted by molar-refractivity contribution is -0.862. The molecule has 0 spiro atoms. The van der Waals surface area contributed by atoms with E-state index in [4.69, 9.17) is 0 Å². The molecule has 3 N–H and O–H groups in total. The average molecular weight is 337 g/mol. The fraction of sp³-hybridized carbons (Fsp3) is 0.500. The predicted molar refractivity (Wildman–Crippen MR) is 91.1 cm³/mol. The molecule has 0 bridgehead atoms. The lowest BCUT2D eigenvalue weighted by Crippen LogP contribution is -3.11. The molecule has 0 fully saturated rings. The van der Waals surface area contributed by atoms with Crippen LogP contribution in [0.2, 0.25) is 0 Å². The Morgan fingerprint density at radius 1 is 1.21 bits per heavy atom. The molecule has 0 saturated heterocycles. The molecule has 0 heterocycles. The summed E-state index contributed by atoms with van der Waals surface area (Å²) in [5, 5.41) is 16.5. The summed E-state index contributed by atoms with van der Waals surface area (Å²) < 4.78 is 0. The summed E-state index contributed by atoms with van der Waals surface area (Å²) >= 11 is 0. The first-order valence-corrected chi connectivity index (χ1v) is 7.88. The van der Waals surface area contributed by atoms with Gasteiger partial charge < -0.3 is 15.5 Å². The van der Waals surface area contributed by atoms with Crippen LogP contribution < -0.4 is 15.5 Å². The Labute approximate surface area is 141 Å². The number of carbonyl (C=O) groups is 2. The molecule has 132 valence electrons. The molecule has 0 aliphatic heterocycles. The highest BCUT2D eigenvalue weighted by Crippen LogP contribution is 2.29. The molecular formula is C16H25N4O4+. The summed E-state index contributed by atoms with van der Waals surface area (Å²) in [6.07, 6.45) is 0.849. The molecule has 2 amide bonds. The maximum atomic E-state index is 12.2. The number of amides is 2. The number of hydrogen-bond acceptors (Lipinski definition) is 4. The summed E-state index contributed by atoms with van der Waals surface area (Å²) in [6, 6.07) is 3.03. The first kappa shape index (κ1) is 19.6. The second-order valence-corrected chi connectivity index (χ2v) is 5.87. The lowest BCUT2D eigenvalue weighted by atomic mass is 10.1. The molecule has 1 aromatic rings. The number of nitro benzene ring substituents is 1. The molecule has 8 heteroatoms. The highest BCUT2D eigenvalue weighted by atomic mass is 16.6. The average Bonchev–Trinajstić information content (AvgIpc) is 2.49. The van der Waals surface area contributed by atoms with E-state index >= 15 is 0 Å². The van der Waals surface area contributed by atoms with E-state index in [1.54, 1.807) is 20.0 Å². The van der Waals surface area contributed by atoms with Gasteiger partial charge in [-0.25, -0.2) is 0 Å². The van der Waals surface area contributed by atoms with Crippen molar-refractivity contribution < 1.29 is 19.4 Å². The standard InChI is InChI=1S/C16H24N4O4/c1-5-8-17-14(21)9-19(4)10-15(22)18-16-12(3)11(2)6-7-13(16)20(23)24/h6-7H,5,8-10H2,1-4H3,(H,17,21)(H,18,22)/p+1. The summed E-state index contributed by atoms with van der Waals surface area (Å²) in [6.45, 7) is 6.33. The molecule has 0 radical (unpaired) electrons. The van der Waals surface area contributed by atoms with Crippen LogP contribution in [0.15, 0.2) is 12.1 Å². The van der Waals surface area contributed by atoms with E-state index in [0.717, 1.165) is 12.0 Å². The molecule has 24 heavy (non-hydrogen) atoms. The van der Waals surface area contributed by atoms with E-state index in [9.17, 15) is 19.7 Å². The minimum atomic E-state index is -0.517. The molecule has 0 aliphatic carbocycles. The maximum Gasteiger partial charge on any atom is 0.293 e. The van der Waals surface area contributed by atoms with Gasteiger partial charge in [-0.1, -0.05) is 13.0 Å². The third-order valence-electron chi connectivity index (χ3n) is 3.67. The molecule has 1 unspecified atom stereocenters. The number of anilines is 1. The zero-order valence-electron chi connectivity index (χ0n) is 14.6. The van der Waals surface area contributed by atoms with Crippen molar-refractivity contribution >= 4 is 23.2 Å². The maximum absolute atomic E-state index is 12.2. The van der Waals surface area contributed by atoms with Crippen LogP contribution >= 0.6 is 0 Å². The second-order valence-electron chi connectivity index (χ2n) is 5.87. The summed E-state index contributed by atoms with van der Waals surface area (Å²) in [4.78, 5) is 35.1. The van der Waals surface area contributed by atoms with Crippen molar-refractivity contribution in [2.45, 2.75) is 27.2 Å². The van der Waals surface area contributed by atoms with E-state index in [0.29, 0.717) is 17.0 Å². The fourth-order valence-corrected chi connectivity index (χ4v) is 2.23. The molecule has 1 aromatic carbocycles. The second kappa shape index (κ2) is 8.97. The van der Waals surface area contributed by atoms with Crippen molar-refractivity contribution in [1.29, 1.82) is 0 Å². The van der Waals surface area contributed by atoms with Crippen molar-refractivity contribution in [3.63, 3.8) is 0 Å². The number of hydrogen-bond donors (Lipinski definition) is 3. The first-order chi connectivity index (χ1) is 11.3. The Hall–Kier alpha value is -2.48. The minimum absolute atomic E-state index is 0.0457. The Morgan fingerprint density at radius 3 is 2.42 bits per heavy atom. The van der Waals surface area contributed by atoms with Crippen molar-refractivity contribution in [2.75, 3.05) is 32.0 Å². The quantitative estimate of drug-likeness (QED) is 0.465. The Bertz CT molecular complexity index is 631. The minimum Gasteiger partial charge on any atom is -0.351 e. The molecule has 8 nitrogen and oxygen atoms in total. The molecular weight excluding hydrogens is 312 g/mol. The summed E-state index contributed by atoms with van der Waals surface area (Å²) in [5.74, 6) is -0.493. The fourth-order valence-electron chi connectivity index (χ4n) is 2.23. The van der Waals surface area contributed by atoms with Crippen LogP contribution in [0.1, 0.15) is 24.5 Å². The number of nitrogens with zero attached hydrogens (tertiary/aromatic N) is 1. The van der Waals surface area contributed by atoms with Gasteiger partial charge in [-0.2, -0.15) is 0 Å². The summed E-state index contributed by atoms with van der Waals surface area (Å²) in [7, 11) is 1.72. The van der Waals surface area contributed by atoms with Crippen LogP contribution in [0, 0.1) is 24.0 Å². The van der Waals surface area contributed by atoms with Crippen LogP contribution in [0.5, 0.6) is 0 Å². The van der Waals surface area contributed by atoms with Crippen LogP contribution in [0.3, 0.4) is 0 Å². The number of nitrogens with one attached hydrogen (secondary N) is 3. The molecule has 0 aliphatic rings. The van der Waals surface area contributed by atoms with Gasteiger partial charge in [-0.15, -0.1) is 0 Å². The zero-order valence-corrected chi connectivity index (χ0v) is 14.6. The predicted octanol–water partition coefficient (Wildman–Crippen LogP) is 0.191. The van der Waals surface area contributed by atoms with Gasteiger partial charge in [0, 0.05) is 12.6 Å². The topological polar surface area (TPSA) is 106 Å². The number of nitro groups is 1. The third kappa shape index (κ3) is 5.62. The van der Waals surface area contributed by atoms with Crippen LogP contribution in [0.4, 0.5) is 11.4 Å². The van der Waals surface area contributed by atoms with Crippen molar-refractivity contribution in [2.24, 2.45) is 0 Å². The van der Waals surface area contributed by atoms with Gasteiger partial charge in [0.1, 0.15) is 5.69 Å². The van der Waals surface area contributed by atoms with Gasteiger partial charge >= 0.3 is 0 Å². The van der Waals surface area contributed by atoms with Gasteiger partial charge in [0.25, 0.3) is 17.5 Å². The monoisotopic (exact) mass is 337 g/mol. The van der Waals surface area contributed by atoms with Crippen molar-refractivity contribution in [1.82, 2.24) is 5.32 Å². The van der Waals surface area contributed by atoms with E-state index in [1.807, 2.05) is 13.8 Å². The van der Waals surface area contributed by atoms with E-state index in [-0.39, 0.29) is 36.3 Å². The number of rotatable bonds is 8. The van der Waals surface area contributed by atoms with E-state index in [2.05, 4.69) is 10.6 Å². The normalized spacial score (nSPS) is 11.7. The van der Waals surface area contributed by atoms with Gasteiger partial charge in [0.15, 0.2) is 13.1 Å². The van der Waals surface area contributed by atoms with Crippen LogP contribution in [0.25, 0.3) is 0 Å². The molecule has 1 rings (SSSR count). The Morgan fingerprint density at radius 2 is 1.83 bits per heavy atom. The molecule has 0 saturated carbocycles. The molecule has 0 aromatic heterocycles. The lowest BCUT2D eigenvalue weighted by Gasteiger charge is -2.15. The van der Waals surface area contributed by atoms with Gasteiger partial charge in [-0.3, -0.25) is 19.7 Å². The van der Waals surface area contributed by atoms with Crippen molar-refractivity contribution in [3.05, 3.63) is 33.4 Å². The SMILES string of the molecule is CCCNC(=O)C[NH+](C)CC(=O)Nc1c([N+](=O)[O-])ccc(C)c1C. The van der Waals surface area contributed by atoms with Crippen LogP contribution in [-0.4, -0.2) is 43.4 Å². The third-order valence-corrected chi connectivity index (χ3v) is 3.67. The number of quaternary nitrogens is 1. The zero-order chi connectivity index (χ0) is 18.3. The summed E-state index contributed by atoms with van der Waals surface area (Å²) in [5.41, 5.74) is 1.60. The Kier molecular flexibility index (Phi) is 7.31. The van der Waals surface area contributed by atoms with E-state index < -0.39 is 4.92 Å².